The molecule has 5 rings (SSSR count). The highest BCUT2D eigenvalue weighted by Crippen LogP contribution is 2.35. The van der Waals surface area contributed by atoms with E-state index in [0.29, 0.717) is 28.4 Å². The minimum Gasteiger partial charge on any atom is -0.336 e. The van der Waals surface area contributed by atoms with E-state index in [2.05, 4.69) is 25.6 Å². The van der Waals surface area contributed by atoms with Crippen LogP contribution in [-0.2, 0) is 9.59 Å². The number of halogens is 1. The number of anilines is 3. The zero-order chi connectivity index (χ0) is 27.5. The maximum absolute atomic E-state index is 13.1. The van der Waals surface area contributed by atoms with Crippen LogP contribution in [0.5, 0.6) is 0 Å². The van der Waals surface area contributed by atoms with E-state index in [4.69, 9.17) is 11.6 Å². The van der Waals surface area contributed by atoms with Crippen molar-refractivity contribution in [2.45, 2.75) is 12.5 Å². The number of aromatic nitrogens is 3. The predicted molar refractivity (Wildman–Crippen MR) is 146 cm³/mol. The van der Waals surface area contributed by atoms with Crippen molar-refractivity contribution in [1.82, 2.24) is 19.9 Å². The Balaban J connectivity index is 1.39. The molecule has 4 aromatic rings. The molecule has 0 bridgehead atoms. The lowest BCUT2D eigenvalue weighted by molar-refractivity contribution is -0.135. The fourth-order valence-corrected chi connectivity index (χ4v) is 4.61. The van der Waals surface area contributed by atoms with E-state index in [1.165, 1.54) is 4.90 Å². The van der Waals surface area contributed by atoms with Gasteiger partial charge in [0.15, 0.2) is 0 Å². The highest BCUT2D eigenvalue weighted by molar-refractivity contribution is 6.30. The molecule has 3 N–H and O–H groups in total. The Kier molecular flexibility index (Phi) is 7.08. The van der Waals surface area contributed by atoms with Gasteiger partial charge in [0.05, 0.1) is 17.4 Å². The zero-order valence-electron chi connectivity index (χ0n) is 20.7. The van der Waals surface area contributed by atoms with Crippen molar-refractivity contribution in [1.29, 1.82) is 5.26 Å². The summed E-state index contributed by atoms with van der Waals surface area (Å²) in [5.74, 6) is -1.49. The summed E-state index contributed by atoms with van der Waals surface area (Å²) in [5, 5.41) is 16.0. The second-order valence-electron chi connectivity index (χ2n) is 8.96. The molecule has 0 spiro atoms. The van der Waals surface area contributed by atoms with Crippen LogP contribution in [0.1, 0.15) is 23.7 Å². The van der Waals surface area contributed by atoms with Crippen LogP contribution >= 0.6 is 11.6 Å². The Morgan fingerprint density at radius 3 is 2.62 bits per heavy atom. The van der Waals surface area contributed by atoms with Crippen molar-refractivity contribution < 1.29 is 9.59 Å². The molecule has 39 heavy (non-hydrogen) atoms. The monoisotopic (exact) mass is 539 g/mol. The van der Waals surface area contributed by atoms with Gasteiger partial charge in [-0.05, 0) is 55.0 Å². The van der Waals surface area contributed by atoms with Gasteiger partial charge < -0.3 is 15.5 Å². The van der Waals surface area contributed by atoms with Crippen LogP contribution in [0.25, 0.3) is 11.3 Å². The standard InChI is InChI=1S/C28H22ClN7O3/c1-36-23(22-7-2-3-12-31-22)14-20(27(36)39)25(37)32-19-6-4-5-16(13-19)24-21(15-30)26(38)35-28(34-24)33-18-10-8-17(29)9-11-18/h2-13,20,23H,14H2,1H3,(H,32,37)(H2,33,34,35,38). The van der Waals surface area contributed by atoms with Crippen LogP contribution in [0.15, 0.2) is 77.7 Å². The molecule has 194 valence electrons. The number of hydrogen-bond donors (Lipinski definition) is 3. The Morgan fingerprint density at radius 2 is 1.90 bits per heavy atom. The van der Waals surface area contributed by atoms with Crippen LogP contribution in [0.3, 0.4) is 0 Å². The first-order chi connectivity index (χ1) is 18.8. The van der Waals surface area contributed by atoms with E-state index >= 15 is 0 Å². The smallest absolute Gasteiger partial charge is 0.270 e. The summed E-state index contributed by atoms with van der Waals surface area (Å²) in [4.78, 5) is 51.6. The summed E-state index contributed by atoms with van der Waals surface area (Å²) < 4.78 is 0. The molecule has 1 saturated heterocycles. The highest BCUT2D eigenvalue weighted by Gasteiger charge is 2.42. The van der Waals surface area contributed by atoms with E-state index in [0.717, 1.165) is 5.69 Å². The van der Waals surface area contributed by atoms with Crippen LogP contribution in [0, 0.1) is 17.2 Å². The van der Waals surface area contributed by atoms with Crippen molar-refractivity contribution in [2.24, 2.45) is 5.92 Å². The van der Waals surface area contributed by atoms with Crippen LogP contribution in [0.2, 0.25) is 5.02 Å². The Labute approximate surface area is 228 Å². The highest BCUT2D eigenvalue weighted by atomic mass is 35.5. The minimum atomic E-state index is -0.881. The first kappa shape index (κ1) is 25.6. The number of nitrogens with zero attached hydrogens (tertiary/aromatic N) is 4. The van der Waals surface area contributed by atoms with E-state index in [1.54, 1.807) is 67.8 Å². The van der Waals surface area contributed by atoms with Crippen LogP contribution in [0.4, 0.5) is 17.3 Å². The van der Waals surface area contributed by atoms with Gasteiger partial charge in [0.1, 0.15) is 17.6 Å². The van der Waals surface area contributed by atoms with Crippen LogP contribution in [-0.4, -0.2) is 38.7 Å². The number of likely N-dealkylation sites (tertiary alicyclic amines) is 1. The van der Waals surface area contributed by atoms with Gasteiger partial charge in [-0.25, -0.2) is 4.98 Å². The average molecular weight is 540 g/mol. The third-order valence-corrected chi connectivity index (χ3v) is 6.71. The summed E-state index contributed by atoms with van der Waals surface area (Å²) >= 11 is 5.94. The molecule has 2 unspecified atom stereocenters. The fraction of sp³-hybridized carbons (Fsp3) is 0.143. The molecule has 1 aliphatic rings. The number of pyridine rings is 1. The number of nitriles is 1. The molecule has 0 radical (unpaired) electrons. The molecule has 0 saturated carbocycles. The number of hydrogen-bond acceptors (Lipinski definition) is 7. The Hall–Kier alpha value is -5.01. The first-order valence-electron chi connectivity index (χ1n) is 12.0. The number of carbonyl (C=O) groups is 2. The molecule has 2 aromatic heterocycles. The second-order valence-corrected chi connectivity index (χ2v) is 9.40. The molecular weight excluding hydrogens is 518 g/mol. The molecule has 3 heterocycles. The topological polar surface area (TPSA) is 144 Å². The van der Waals surface area contributed by atoms with Gasteiger partial charge in [-0.15, -0.1) is 0 Å². The van der Waals surface area contributed by atoms with Crippen molar-refractivity contribution in [3.63, 3.8) is 0 Å². The van der Waals surface area contributed by atoms with E-state index in [-0.39, 0.29) is 29.2 Å². The third kappa shape index (κ3) is 5.35. The molecule has 0 aliphatic carbocycles. The number of benzene rings is 2. The third-order valence-electron chi connectivity index (χ3n) is 6.46. The Morgan fingerprint density at radius 1 is 1.10 bits per heavy atom. The van der Waals surface area contributed by atoms with E-state index < -0.39 is 17.4 Å². The number of H-pyrrole nitrogens is 1. The normalized spacial score (nSPS) is 16.5. The lowest BCUT2D eigenvalue weighted by Crippen LogP contribution is -2.31. The molecule has 2 aromatic carbocycles. The van der Waals surface area contributed by atoms with E-state index in [9.17, 15) is 19.6 Å². The quantitative estimate of drug-likeness (QED) is 0.310. The van der Waals surface area contributed by atoms with Gasteiger partial charge in [0.2, 0.25) is 17.8 Å². The lowest BCUT2D eigenvalue weighted by atomic mass is 10.0. The summed E-state index contributed by atoms with van der Waals surface area (Å²) in [6, 6.07) is 20.5. The fourth-order valence-electron chi connectivity index (χ4n) is 4.48. The predicted octanol–water partition coefficient (Wildman–Crippen LogP) is 4.26. The van der Waals surface area contributed by atoms with Crippen LogP contribution < -0.4 is 16.2 Å². The number of carbonyl (C=O) groups excluding carboxylic acids is 2. The van der Waals surface area contributed by atoms with Gasteiger partial charge in [-0.3, -0.25) is 24.4 Å². The van der Waals surface area contributed by atoms with Gasteiger partial charge in [0, 0.05) is 35.2 Å². The molecule has 2 amide bonds. The summed E-state index contributed by atoms with van der Waals surface area (Å²) in [6.45, 7) is 0. The SMILES string of the molecule is CN1C(=O)C(C(=O)Nc2cccc(-c3nc(Nc4ccc(Cl)cc4)[nH]c(=O)c3C#N)c2)CC1c1ccccn1. The number of amides is 2. The molecule has 10 nitrogen and oxygen atoms in total. The molecule has 2 atom stereocenters. The molecule has 1 fully saturated rings. The van der Waals surface area contributed by atoms with E-state index in [1.807, 2.05) is 18.2 Å². The van der Waals surface area contributed by atoms with Crippen molar-refractivity contribution in [3.05, 3.63) is 99.6 Å². The molecule has 11 heteroatoms. The molecule has 1 aliphatic heterocycles. The summed E-state index contributed by atoms with van der Waals surface area (Å²) in [7, 11) is 1.66. The second kappa shape index (κ2) is 10.8. The number of nitrogens with one attached hydrogen (secondary N) is 3. The minimum absolute atomic E-state index is 0.130. The molecular formula is C28H22ClN7O3. The first-order valence-corrected chi connectivity index (χ1v) is 12.4. The zero-order valence-corrected chi connectivity index (χ0v) is 21.4. The maximum Gasteiger partial charge on any atom is 0.270 e. The average Bonchev–Trinajstić information content (AvgIpc) is 3.24. The lowest BCUT2D eigenvalue weighted by Gasteiger charge is -2.18. The maximum atomic E-state index is 13.1. The Bertz CT molecular complexity index is 1650. The summed E-state index contributed by atoms with van der Waals surface area (Å²) in [5.41, 5.74) is 1.54. The largest absolute Gasteiger partial charge is 0.336 e. The van der Waals surface area contributed by atoms with Gasteiger partial charge in [0.25, 0.3) is 5.56 Å². The van der Waals surface area contributed by atoms with Crippen molar-refractivity contribution >= 4 is 40.7 Å². The van der Waals surface area contributed by atoms with Gasteiger partial charge >= 0.3 is 0 Å². The van der Waals surface area contributed by atoms with Gasteiger partial charge in [-0.1, -0.05) is 29.8 Å². The van der Waals surface area contributed by atoms with Gasteiger partial charge in [-0.2, -0.15) is 5.26 Å². The van der Waals surface area contributed by atoms with Crippen molar-refractivity contribution in [3.8, 4) is 17.3 Å². The number of aromatic amines is 1. The summed E-state index contributed by atoms with van der Waals surface area (Å²) in [6.07, 6.45) is 1.95. The van der Waals surface area contributed by atoms with Crippen molar-refractivity contribution in [2.75, 3.05) is 17.7 Å². The number of rotatable bonds is 6.